The van der Waals surface area contributed by atoms with Crippen molar-refractivity contribution in [2.75, 3.05) is 39.0 Å². The number of rotatable bonds is 17. The molecule has 1 fully saturated rings. The first-order chi connectivity index (χ1) is 23.2. The van der Waals surface area contributed by atoms with E-state index in [1.54, 1.807) is 16.9 Å². The second-order valence-electron chi connectivity index (χ2n) is 13.0. The van der Waals surface area contributed by atoms with E-state index in [0.29, 0.717) is 26.2 Å². The minimum Gasteiger partial charge on any atom is -0.397 e. The Bertz CT molecular complexity index is 1670. The molecule has 1 aliphatic heterocycles. The zero-order valence-corrected chi connectivity index (χ0v) is 31.0. The molecule has 3 amide bonds. The molecule has 1 saturated heterocycles. The van der Waals surface area contributed by atoms with Crippen LogP contribution in [0.4, 0.5) is 10.5 Å². The smallest absolute Gasteiger partial charge is 0.321 e. The third kappa shape index (κ3) is 9.92. The number of benzene rings is 2. The van der Waals surface area contributed by atoms with Gasteiger partial charge in [0.1, 0.15) is 11.0 Å². The molecule has 4 N–H and O–H groups in total. The van der Waals surface area contributed by atoms with Gasteiger partial charge in [-0.15, -0.1) is 11.3 Å². The number of amides is 3. The van der Waals surface area contributed by atoms with Crippen LogP contribution in [0.2, 0.25) is 5.02 Å². The monoisotopic (exact) mass is 734 g/mol. The van der Waals surface area contributed by atoms with Crippen LogP contribution < -0.4 is 11.1 Å². The van der Waals surface area contributed by atoms with Crippen molar-refractivity contribution in [1.82, 2.24) is 24.4 Å². The van der Waals surface area contributed by atoms with Gasteiger partial charge in [0.05, 0.1) is 46.6 Å². The van der Waals surface area contributed by atoms with Gasteiger partial charge in [-0.1, -0.05) is 69.6 Å². The normalized spacial score (nSPS) is 15.8. The van der Waals surface area contributed by atoms with Crippen molar-refractivity contribution in [2.24, 2.45) is 11.8 Å². The molecule has 3 aromatic rings. The first kappa shape index (κ1) is 38.5. The molecule has 0 aliphatic carbocycles. The fraction of sp³-hybridized carbons (Fsp3) is 0.500. The van der Waals surface area contributed by atoms with Crippen LogP contribution in [0.5, 0.6) is 0 Å². The predicted octanol–water partition coefficient (Wildman–Crippen LogP) is 4.22. The van der Waals surface area contributed by atoms with Gasteiger partial charge in [0.25, 0.3) is 0 Å². The van der Waals surface area contributed by atoms with E-state index in [2.05, 4.69) is 10.3 Å². The summed E-state index contributed by atoms with van der Waals surface area (Å²) in [4.78, 5) is 35.4. The summed E-state index contributed by atoms with van der Waals surface area (Å²) in [6, 6.07) is 11.5. The average molecular weight is 735 g/mol. The van der Waals surface area contributed by atoms with Crippen LogP contribution in [0.25, 0.3) is 0 Å². The highest BCUT2D eigenvalue weighted by molar-refractivity contribution is 7.89. The average Bonchev–Trinajstić information content (AvgIpc) is 3.64. The molecule has 49 heavy (non-hydrogen) atoms. The number of hydrogen-bond donors (Lipinski definition) is 3. The summed E-state index contributed by atoms with van der Waals surface area (Å²) in [6.07, 6.45) is -1.07. The van der Waals surface area contributed by atoms with Crippen molar-refractivity contribution < 1.29 is 27.9 Å². The summed E-state index contributed by atoms with van der Waals surface area (Å²) >= 11 is 7.52. The number of urea groups is 1. The highest BCUT2D eigenvalue weighted by Crippen LogP contribution is 2.26. The summed E-state index contributed by atoms with van der Waals surface area (Å²) in [5.74, 6) is -0.747. The van der Waals surface area contributed by atoms with Crippen molar-refractivity contribution in [3.63, 3.8) is 0 Å². The number of hydrogen-bond acceptors (Lipinski definition) is 9. The van der Waals surface area contributed by atoms with Crippen LogP contribution in [0.1, 0.15) is 44.0 Å². The summed E-state index contributed by atoms with van der Waals surface area (Å²) in [6.45, 7) is 8.82. The lowest BCUT2D eigenvalue weighted by atomic mass is 9.97. The number of carbonyl (C=O) groups is 2. The van der Waals surface area contributed by atoms with Crippen LogP contribution in [-0.2, 0) is 39.1 Å². The van der Waals surface area contributed by atoms with Crippen LogP contribution in [0, 0.1) is 11.8 Å². The van der Waals surface area contributed by atoms with Crippen molar-refractivity contribution in [3.8, 4) is 0 Å². The molecule has 1 aromatic heterocycles. The third-order valence-corrected chi connectivity index (χ3v) is 11.3. The first-order valence-corrected chi connectivity index (χ1v) is 19.0. The number of nitrogen functional groups attached to an aromatic ring is 1. The molecular formula is C34H47ClN6O6S2. The predicted molar refractivity (Wildman–Crippen MR) is 192 cm³/mol. The number of aliphatic hydroxyl groups excluding tert-OH is 1. The number of nitrogens with two attached hydrogens (primary N) is 1. The van der Waals surface area contributed by atoms with Crippen LogP contribution >= 0.6 is 22.9 Å². The maximum absolute atomic E-state index is 14.1. The summed E-state index contributed by atoms with van der Waals surface area (Å²) in [5, 5.41) is 17.7. The van der Waals surface area contributed by atoms with Gasteiger partial charge in [0.2, 0.25) is 15.9 Å². The lowest BCUT2D eigenvalue weighted by molar-refractivity contribution is -0.128. The number of nitrogens with zero attached hydrogens (tertiary/aromatic N) is 4. The Balaban J connectivity index is 1.56. The number of anilines is 1. The highest BCUT2D eigenvalue weighted by Gasteiger charge is 2.40. The molecule has 0 bridgehead atoms. The number of carbonyl (C=O) groups excluding carboxylic acids is 2. The highest BCUT2D eigenvalue weighted by atomic mass is 35.5. The molecule has 2 aromatic carbocycles. The van der Waals surface area contributed by atoms with Gasteiger partial charge in [-0.2, -0.15) is 4.31 Å². The SMILES string of the molecule is COCc1nc(CN2CCN([C@H](C(=O)N[C@@H](Cc3ccccc3)[C@H](O)CN(CC(C)C)S(=O)(=O)c3ccc(Cl)c(N)c3)C(C)C)C2=O)cs1. The Morgan fingerprint density at radius 3 is 2.49 bits per heavy atom. The van der Waals surface area contributed by atoms with Crippen LogP contribution in [0.15, 0.2) is 58.8 Å². The molecule has 4 rings (SSSR count). The van der Waals surface area contributed by atoms with E-state index < -0.39 is 34.1 Å². The topological polar surface area (TPSA) is 158 Å². The lowest BCUT2D eigenvalue weighted by Gasteiger charge is -2.34. The second kappa shape index (κ2) is 17.1. The van der Waals surface area contributed by atoms with Crippen LogP contribution in [-0.4, -0.2) is 96.0 Å². The van der Waals surface area contributed by atoms with E-state index in [-0.39, 0.29) is 53.0 Å². The molecule has 12 nitrogen and oxygen atoms in total. The largest absolute Gasteiger partial charge is 0.397 e. The first-order valence-electron chi connectivity index (χ1n) is 16.3. The Labute approximate surface area is 298 Å². The summed E-state index contributed by atoms with van der Waals surface area (Å²) < 4.78 is 34.1. The van der Waals surface area contributed by atoms with Gasteiger partial charge in [0, 0.05) is 38.7 Å². The summed E-state index contributed by atoms with van der Waals surface area (Å²) in [7, 11) is -2.49. The van der Waals surface area contributed by atoms with E-state index in [9.17, 15) is 23.1 Å². The maximum Gasteiger partial charge on any atom is 0.321 e. The molecule has 1 aliphatic rings. The van der Waals surface area contributed by atoms with Gasteiger partial charge in [-0.3, -0.25) is 4.79 Å². The zero-order valence-electron chi connectivity index (χ0n) is 28.6. The van der Waals surface area contributed by atoms with Crippen molar-refractivity contribution >= 4 is 50.6 Å². The zero-order chi connectivity index (χ0) is 35.9. The number of halogens is 1. The molecular weight excluding hydrogens is 688 g/mol. The Kier molecular flexibility index (Phi) is 13.4. The molecule has 0 saturated carbocycles. The Morgan fingerprint density at radius 2 is 1.86 bits per heavy atom. The standard InChI is InChI=1S/C34H47ClN6O6S2/c1-22(2)17-40(49(45,46)26-11-12-27(35)28(36)16-26)19-30(42)29(15-24-9-7-6-8-10-24)38-33(43)32(23(3)4)41-14-13-39(34(41)44)18-25-21-48-31(37-25)20-47-5/h6-12,16,21-23,29-30,32,42H,13-15,17-20,36H2,1-5H3,(H,38,43)/t29-,30+,32-/m0/s1. The maximum atomic E-state index is 14.1. The summed E-state index contributed by atoms with van der Waals surface area (Å²) in [5.41, 5.74) is 7.66. The van der Waals surface area contributed by atoms with Crippen LogP contribution in [0.3, 0.4) is 0 Å². The second-order valence-corrected chi connectivity index (χ2v) is 16.3. The van der Waals surface area contributed by atoms with Gasteiger partial charge in [0.15, 0.2) is 0 Å². The molecule has 3 atom stereocenters. The quantitative estimate of drug-likeness (QED) is 0.174. The fourth-order valence-electron chi connectivity index (χ4n) is 5.88. The van der Waals surface area contributed by atoms with Gasteiger partial charge in [-0.25, -0.2) is 18.2 Å². The molecule has 2 heterocycles. The third-order valence-electron chi connectivity index (χ3n) is 8.24. The number of aliphatic hydroxyl groups is 1. The van der Waals surface area contributed by atoms with Crippen molar-refractivity contribution in [2.45, 2.75) is 70.4 Å². The minimum absolute atomic E-state index is 0.0459. The van der Waals surface area contributed by atoms with E-state index >= 15 is 0 Å². The molecule has 268 valence electrons. The number of sulfonamides is 1. The number of nitrogens with one attached hydrogen (secondary N) is 1. The molecule has 0 radical (unpaired) electrons. The van der Waals surface area contributed by atoms with E-state index in [0.717, 1.165) is 16.3 Å². The van der Waals surface area contributed by atoms with Gasteiger partial charge >= 0.3 is 6.03 Å². The Morgan fingerprint density at radius 1 is 1.14 bits per heavy atom. The number of methoxy groups -OCH3 is 1. The van der Waals surface area contributed by atoms with E-state index in [1.165, 1.54) is 33.8 Å². The van der Waals surface area contributed by atoms with Crippen molar-refractivity contribution in [1.29, 1.82) is 0 Å². The molecule has 0 spiro atoms. The lowest BCUT2D eigenvalue weighted by Crippen LogP contribution is -2.57. The number of ether oxygens (including phenoxy) is 1. The minimum atomic E-state index is -4.10. The van der Waals surface area contributed by atoms with Gasteiger partial charge in [-0.05, 0) is 42.0 Å². The van der Waals surface area contributed by atoms with Crippen molar-refractivity contribution in [3.05, 3.63) is 75.2 Å². The van der Waals surface area contributed by atoms with Gasteiger partial charge < -0.3 is 30.7 Å². The molecule has 0 unspecified atom stereocenters. The fourth-order valence-corrected chi connectivity index (χ4v) is 8.41. The van der Waals surface area contributed by atoms with E-state index in [4.69, 9.17) is 22.1 Å². The Hall–Kier alpha value is -3.27. The molecule has 15 heteroatoms. The van der Waals surface area contributed by atoms with E-state index in [1.807, 2.05) is 63.4 Å². The number of thiazole rings is 1. The number of aromatic nitrogens is 1.